The predicted molar refractivity (Wildman–Crippen MR) is 161 cm³/mol. The summed E-state index contributed by atoms with van der Waals surface area (Å²) < 4.78 is 5.98. The van der Waals surface area contributed by atoms with Gasteiger partial charge in [0.2, 0.25) is 0 Å². The van der Waals surface area contributed by atoms with Crippen molar-refractivity contribution in [2.75, 3.05) is 7.05 Å². The Morgan fingerprint density at radius 2 is 1.80 bits per heavy atom. The standard InChI is InChI=1S/C35H47NO9/c1-31-9-8-26-32(18-38)10-7-22(39)15-33(32,42)16-27(40)35(26,44)34(31,43)14-21-11-23(30-24(29(21)31)13-28(41)45-30)25(36-2)12-19-5-3-4-6-20(19)17-37/h3-6,13,18,21-23,25-27,29-30,36-37,39-40,42-44H,7-12,14-17H2,1-2H3/t21-,22+,23+,25-,26-,27+,29-,30+,31-,32+,33-,34-,35-/m1/s1. The summed E-state index contributed by atoms with van der Waals surface area (Å²) in [6.07, 6.45) is 1.49. The van der Waals surface area contributed by atoms with Gasteiger partial charge in [-0.05, 0) is 80.5 Å². The molecule has 5 saturated carbocycles. The minimum Gasteiger partial charge on any atom is -0.454 e. The number of carbonyl (C=O) groups excluding carboxylic acids is 2. The molecule has 10 nitrogen and oxygen atoms in total. The molecule has 1 aromatic rings. The van der Waals surface area contributed by atoms with E-state index in [0.717, 1.165) is 16.7 Å². The maximum Gasteiger partial charge on any atom is 0.331 e. The molecule has 1 aromatic carbocycles. The van der Waals surface area contributed by atoms with Crippen molar-refractivity contribution in [2.24, 2.45) is 34.5 Å². The Balaban J connectivity index is 1.28. The molecule has 7 rings (SSSR count). The minimum absolute atomic E-state index is 0.0726. The number of aliphatic hydroxyl groups is 6. The maximum absolute atomic E-state index is 13.0. The fraction of sp³-hybridized carbons (Fsp3) is 0.714. The molecule has 45 heavy (non-hydrogen) atoms. The van der Waals surface area contributed by atoms with E-state index in [4.69, 9.17) is 4.74 Å². The second-order valence-electron chi connectivity index (χ2n) is 15.4. The van der Waals surface area contributed by atoms with Crippen LogP contribution in [0, 0.1) is 34.5 Å². The lowest BCUT2D eigenvalue weighted by molar-refractivity contribution is -0.346. The molecule has 246 valence electrons. The van der Waals surface area contributed by atoms with Crippen molar-refractivity contribution in [1.29, 1.82) is 0 Å². The molecule has 0 bridgehead atoms. The number of esters is 1. The molecule has 0 spiro atoms. The van der Waals surface area contributed by atoms with Crippen LogP contribution in [0.2, 0.25) is 0 Å². The summed E-state index contributed by atoms with van der Waals surface area (Å²) in [7, 11) is 1.87. The van der Waals surface area contributed by atoms with E-state index in [1.807, 2.05) is 38.2 Å². The van der Waals surface area contributed by atoms with E-state index >= 15 is 0 Å². The first-order chi connectivity index (χ1) is 21.3. The molecule has 1 heterocycles. The summed E-state index contributed by atoms with van der Waals surface area (Å²) >= 11 is 0. The number of fused-ring (bicyclic) bond motifs is 9. The van der Waals surface area contributed by atoms with Gasteiger partial charge in [-0.2, -0.15) is 0 Å². The molecule has 5 aliphatic carbocycles. The normalized spacial score (nSPS) is 49.0. The summed E-state index contributed by atoms with van der Waals surface area (Å²) in [4.78, 5) is 25.9. The first-order valence-electron chi connectivity index (χ1n) is 16.6. The van der Waals surface area contributed by atoms with Gasteiger partial charge < -0.3 is 45.5 Å². The van der Waals surface area contributed by atoms with Crippen LogP contribution in [0.3, 0.4) is 0 Å². The molecule has 0 aromatic heterocycles. The van der Waals surface area contributed by atoms with Crippen LogP contribution in [0.25, 0.3) is 0 Å². The molecule has 10 heteroatoms. The van der Waals surface area contributed by atoms with Crippen molar-refractivity contribution < 1.29 is 45.0 Å². The maximum atomic E-state index is 13.0. The lowest BCUT2D eigenvalue weighted by atomic mass is 9.39. The van der Waals surface area contributed by atoms with Crippen molar-refractivity contribution in [3.8, 4) is 0 Å². The largest absolute Gasteiger partial charge is 0.454 e. The van der Waals surface area contributed by atoms with Gasteiger partial charge in [0.25, 0.3) is 0 Å². The minimum atomic E-state index is -2.09. The fourth-order valence-electron chi connectivity index (χ4n) is 11.8. The quantitative estimate of drug-likeness (QED) is 0.178. The molecular formula is C35H47NO9. The number of nitrogens with one attached hydrogen (secondary N) is 1. The van der Waals surface area contributed by atoms with Gasteiger partial charge in [0.15, 0.2) is 0 Å². The van der Waals surface area contributed by atoms with Crippen LogP contribution in [-0.4, -0.2) is 91.1 Å². The number of benzene rings is 1. The molecular weight excluding hydrogens is 578 g/mol. The van der Waals surface area contributed by atoms with Crippen molar-refractivity contribution in [3.05, 3.63) is 47.0 Å². The molecule has 0 unspecified atom stereocenters. The van der Waals surface area contributed by atoms with Crippen molar-refractivity contribution in [2.45, 2.75) is 112 Å². The van der Waals surface area contributed by atoms with Gasteiger partial charge in [-0.1, -0.05) is 31.2 Å². The molecule has 6 aliphatic rings. The highest BCUT2D eigenvalue weighted by molar-refractivity contribution is 5.86. The SMILES string of the molecule is CN[C@H](Cc1ccccc1CO)[C@@H]1C[C@@H]2C[C@]3(O)[C@]4(O)[C@@H](O)C[C@]5(O)C[C@@H](O)CC[C@]5(C=O)[C@H]4CC[C@]3(C)[C@H]2C2=CC(=O)O[C@H]21. The number of likely N-dealkylation sites (N-methyl/N-ethyl adjacent to an activating group) is 1. The van der Waals surface area contributed by atoms with Gasteiger partial charge in [-0.3, -0.25) is 0 Å². The zero-order chi connectivity index (χ0) is 32.2. The second kappa shape index (κ2) is 10.4. The summed E-state index contributed by atoms with van der Waals surface area (Å²) in [6, 6.07) is 7.58. The topological polar surface area (TPSA) is 177 Å². The summed E-state index contributed by atoms with van der Waals surface area (Å²) in [5.41, 5.74) is -5.34. The van der Waals surface area contributed by atoms with E-state index in [-0.39, 0.29) is 62.5 Å². The number of rotatable bonds is 6. The Labute approximate surface area is 263 Å². The van der Waals surface area contributed by atoms with E-state index in [1.165, 1.54) is 0 Å². The first kappa shape index (κ1) is 31.4. The molecule has 5 fully saturated rings. The highest BCUT2D eigenvalue weighted by Gasteiger charge is 2.81. The molecule has 0 radical (unpaired) electrons. The second-order valence-corrected chi connectivity index (χ2v) is 15.4. The summed E-state index contributed by atoms with van der Waals surface area (Å²) in [5, 5.41) is 73.2. The van der Waals surface area contributed by atoms with E-state index in [0.29, 0.717) is 32.0 Å². The first-order valence-corrected chi connectivity index (χ1v) is 16.6. The Bertz CT molecular complexity index is 1420. The van der Waals surface area contributed by atoms with Crippen molar-refractivity contribution in [1.82, 2.24) is 5.32 Å². The highest BCUT2D eigenvalue weighted by Crippen LogP contribution is 2.74. The van der Waals surface area contributed by atoms with Crippen LogP contribution in [-0.2, 0) is 27.4 Å². The lowest BCUT2D eigenvalue weighted by Gasteiger charge is -2.69. The molecule has 1 aliphatic heterocycles. The third-order valence-electron chi connectivity index (χ3n) is 13.8. The van der Waals surface area contributed by atoms with Crippen molar-refractivity contribution >= 4 is 12.3 Å². The van der Waals surface area contributed by atoms with Crippen LogP contribution in [0.5, 0.6) is 0 Å². The Morgan fingerprint density at radius 1 is 1.07 bits per heavy atom. The molecule has 0 amide bonds. The van der Waals surface area contributed by atoms with Gasteiger partial charge in [-0.15, -0.1) is 0 Å². The molecule has 7 N–H and O–H groups in total. The third-order valence-corrected chi connectivity index (χ3v) is 13.8. The van der Waals surface area contributed by atoms with Gasteiger partial charge in [0.05, 0.1) is 29.8 Å². The summed E-state index contributed by atoms with van der Waals surface area (Å²) in [5.74, 6) is -1.94. The Morgan fingerprint density at radius 3 is 2.49 bits per heavy atom. The Hall–Kier alpha value is -2.18. The number of hydrogen-bond acceptors (Lipinski definition) is 10. The summed E-state index contributed by atoms with van der Waals surface area (Å²) in [6.45, 7) is 1.85. The third kappa shape index (κ3) is 3.93. The van der Waals surface area contributed by atoms with Gasteiger partial charge >= 0.3 is 5.97 Å². The van der Waals surface area contributed by atoms with Crippen LogP contribution in [0.15, 0.2) is 35.9 Å². The number of ether oxygens (including phenoxy) is 1. The van der Waals surface area contributed by atoms with Gasteiger partial charge in [-0.25, -0.2) is 4.79 Å². The average molecular weight is 626 g/mol. The number of carbonyl (C=O) groups is 2. The van der Waals surface area contributed by atoms with E-state index < -0.39 is 57.8 Å². The Kier molecular flexibility index (Phi) is 7.27. The molecule has 13 atom stereocenters. The van der Waals surface area contributed by atoms with Crippen LogP contribution < -0.4 is 5.32 Å². The zero-order valence-corrected chi connectivity index (χ0v) is 26.1. The average Bonchev–Trinajstić information content (AvgIpc) is 3.50. The van der Waals surface area contributed by atoms with Crippen LogP contribution >= 0.6 is 0 Å². The van der Waals surface area contributed by atoms with E-state index in [2.05, 4.69) is 5.32 Å². The van der Waals surface area contributed by atoms with Crippen LogP contribution in [0.1, 0.15) is 69.4 Å². The smallest absolute Gasteiger partial charge is 0.331 e. The van der Waals surface area contributed by atoms with Crippen LogP contribution in [0.4, 0.5) is 0 Å². The van der Waals surface area contributed by atoms with Gasteiger partial charge in [0.1, 0.15) is 23.6 Å². The number of aliphatic hydroxyl groups excluding tert-OH is 3. The number of aldehydes is 1. The lowest BCUT2D eigenvalue weighted by Crippen LogP contribution is -2.81. The van der Waals surface area contributed by atoms with E-state index in [9.17, 15) is 40.2 Å². The monoisotopic (exact) mass is 625 g/mol. The molecule has 0 saturated heterocycles. The highest BCUT2D eigenvalue weighted by atomic mass is 16.5. The number of hydrogen-bond donors (Lipinski definition) is 7. The zero-order valence-electron chi connectivity index (χ0n) is 26.1. The van der Waals surface area contributed by atoms with E-state index in [1.54, 1.807) is 6.08 Å². The fourth-order valence-corrected chi connectivity index (χ4v) is 11.8. The predicted octanol–water partition coefficient (Wildman–Crippen LogP) is 0.921. The van der Waals surface area contributed by atoms with Gasteiger partial charge in [0, 0.05) is 42.2 Å². The van der Waals surface area contributed by atoms with Crippen molar-refractivity contribution in [3.63, 3.8) is 0 Å².